The quantitative estimate of drug-likeness (QED) is 0.878. The zero-order chi connectivity index (χ0) is 13.9. The third-order valence-corrected chi connectivity index (χ3v) is 4.47. The maximum absolute atomic E-state index is 12.1. The minimum Gasteiger partial charge on any atom is -0.346 e. The van der Waals surface area contributed by atoms with E-state index in [1.54, 1.807) is 0 Å². The Bertz CT molecular complexity index is 461. The van der Waals surface area contributed by atoms with Crippen molar-refractivity contribution in [2.24, 2.45) is 5.92 Å². The molecule has 1 aliphatic carbocycles. The van der Waals surface area contributed by atoms with Crippen LogP contribution in [0.4, 0.5) is 0 Å². The van der Waals surface area contributed by atoms with Gasteiger partial charge in [-0.2, -0.15) is 4.98 Å². The van der Waals surface area contributed by atoms with E-state index >= 15 is 0 Å². The molecule has 110 valence electrons. The molecule has 1 aromatic rings. The van der Waals surface area contributed by atoms with Crippen molar-refractivity contribution in [3.63, 3.8) is 0 Å². The highest BCUT2D eigenvalue weighted by Crippen LogP contribution is 2.27. The van der Waals surface area contributed by atoms with E-state index in [-0.39, 0.29) is 23.8 Å². The Hall–Kier alpha value is -1.43. The standard InChI is InChI=1S/C14H22N4O2/c1-9(10-5-2-3-6-10)16-13(19)12-17-14(20-18-12)11-7-4-8-15-11/h9-11,15H,2-8H2,1H3,(H,16,19)/t9-,11?/m0/s1. The average Bonchev–Trinajstić information content (AvgIpc) is 3.19. The molecule has 2 N–H and O–H groups in total. The van der Waals surface area contributed by atoms with Gasteiger partial charge in [0.2, 0.25) is 5.89 Å². The summed E-state index contributed by atoms with van der Waals surface area (Å²) in [5.41, 5.74) is 0. The molecule has 1 aromatic heterocycles. The second-order valence-electron chi connectivity index (χ2n) is 5.91. The zero-order valence-corrected chi connectivity index (χ0v) is 11.9. The molecule has 20 heavy (non-hydrogen) atoms. The van der Waals surface area contributed by atoms with E-state index in [1.165, 1.54) is 25.7 Å². The van der Waals surface area contributed by atoms with Crippen LogP contribution in [-0.2, 0) is 0 Å². The van der Waals surface area contributed by atoms with Gasteiger partial charge in [0.25, 0.3) is 11.7 Å². The number of hydrogen-bond donors (Lipinski definition) is 2. The van der Waals surface area contributed by atoms with Crippen molar-refractivity contribution in [3.8, 4) is 0 Å². The summed E-state index contributed by atoms with van der Waals surface area (Å²) in [7, 11) is 0. The molecule has 2 aliphatic rings. The number of nitrogens with zero attached hydrogens (tertiary/aromatic N) is 2. The molecule has 1 saturated heterocycles. The van der Waals surface area contributed by atoms with Crippen LogP contribution >= 0.6 is 0 Å². The van der Waals surface area contributed by atoms with Gasteiger partial charge in [-0.25, -0.2) is 0 Å². The normalized spacial score (nSPS) is 24.9. The van der Waals surface area contributed by atoms with Gasteiger partial charge in [-0.05, 0) is 45.1 Å². The maximum atomic E-state index is 12.1. The third kappa shape index (κ3) is 2.85. The number of rotatable bonds is 4. The van der Waals surface area contributed by atoms with Crippen molar-refractivity contribution in [2.45, 2.75) is 57.5 Å². The van der Waals surface area contributed by atoms with E-state index < -0.39 is 0 Å². The molecule has 1 aliphatic heterocycles. The number of carbonyl (C=O) groups excluding carboxylic acids is 1. The van der Waals surface area contributed by atoms with Crippen LogP contribution < -0.4 is 10.6 Å². The Labute approximate surface area is 118 Å². The van der Waals surface area contributed by atoms with Crippen LogP contribution in [0.15, 0.2) is 4.52 Å². The van der Waals surface area contributed by atoms with Gasteiger partial charge in [0.05, 0.1) is 6.04 Å². The highest BCUT2D eigenvalue weighted by Gasteiger charge is 2.27. The molecular formula is C14H22N4O2. The summed E-state index contributed by atoms with van der Waals surface area (Å²) in [6.45, 7) is 3.03. The summed E-state index contributed by atoms with van der Waals surface area (Å²) in [6.07, 6.45) is 7.03. The van der Waals surface area contributed by atoms with Crippen LogP contribution in [0.3, 0.4) is 0 Å². The fourth-order valence-electron chi connectivity index (χ4n) is 3.21. The fraction of sp³-hybridized carbons (Fsp3) is 0.786. The SMILES string of the molecule is C[C@H](NC(=O)c1noc(C2CCCN2)n1)C1CCCC1. The monoisotopic (exact) mass is 278 g/mol. The Morgan fingerprint density at radius 2 is 2.15 bits per heavy atom. The van der Waals surface area contributed by atoms with Crippen LogP contribution in [0.1, 0.15) is 68.0 Å². The van der Waals surface area contributed by atoms with E-state index in [9.17, 15) is 4.79 Å². The molecule has 6 nitrogen and oxygen atoms in total. The Morgan fingerprint density at radius 1 is 1.35 bits per heavy atom. The Morgan fingerprint density at radius 3 is 2.85 bits per heavy atom. The Balaban J connectivity index is 1.59. The number of amides is 1. The summed E-state index contributed by atoms with van der Waals surface area (Å²) < 4.78 is 5.19. The second kappa shape index (κ2) is 5.91. The van der Waals surface area contributed by atoms with E-state index in [0.29, 0.717) is 11.8 Å². The van der Waals surface area contributed by atoms with Crippen molar-refractivity contribution >= 4 is 5.91 Å². The molecule has 0 aromatic carbocycles. The van der Waals surface area contributed by atoms with Gasteiger partial charge in [0.15, 0.2) is 0 Å². The number of nitrogens with one attached hydrogen (secondary N) is 2. The Kier molecular flexibility index (Phi) is 4.00. The highest BCUT2D eigenvalue weighted by atomic mass is 16.5. The minimum absolute atomic E-state index is 0.108. The molecule has 0 bridgehead atoms. The van der Waals surface area contributed by atoms with Crippen LogP contribution in [0.2, 0.25) is 0 Å². The lowest BCUT2D eigenvalue weighted by atomic mass is 10.00. The minimum atomic E-state index is -0.225. The van der Waals surface area contributed by atoms with Crippen LogP contribution in [0.5, 0.6) is 0 Å². The van der Waals surface area contributed by atoms with Gasteiger partial charge in [0, 0.05) is 6.04 Å². The third-order valence-electron chi connectivity index (χ3n) is 4.47. The first-order valence-corrected chi connectivity index (χ1v) is 7.62. The zero-order valence-electron chi connectivity index (χ0n) is 11.9. The van der Waals surface area contributed by atoms with E-state index in [0.717, 1.165) is 19.4 Å². The maximum Gasteiger partial charge on any atom is 0.292 e. The topological polar surface area (TPSA) is 80.0 Å². The summed E-state index contributed by atoms with van der Waals surface area (Å²) in [6, 6.07) is 0.285. The van der Waals surface area contributed by atoms with Crippen LogP contribution in [0, 0.1) is 5.92 Å². The van der Waals surface area contributed by atoms with Crippen molar-refractivity contribution in [2.75, 3.05) is 6.54 Å². The van der Waals surface area contributed by atoms with Gasteiger partial charge in [-0.15, -0.1) is 0 Å². The number of aromatic nitrogens is 2. The molecule has 1 saturated carbocycles. The van der Waals surface area contributed by atoms with Gasteiger partial charge in [-0.3, -0.25) is 4.79 Å². The van der Waals surface area contributed by atoms with Crippen molar-refractivity contribution in [1.29, 1.82) is 0 Å². The van der Waals surface area contributed by atoms with E-state index in [4.69, 9.17) is 4.52 Å². The first-order chi connectivity index (χ1) is 9.74. The first kappa shape index (κ1) is 13.5. The van der Waals surface area contributed by atoms with Gasteiger partial charge in [0.1, 0.15) is 0 Å². The summed E-state index contributed by atoms with van der Waals surface area (Å²) in [4.78, 5) is 16.3. The lowest BCUT2D eigenvalue weighted by molar-refractivity contribution is 0.0913. The molecule has 6 heteroatoms. The molecule has 1 amide bonds. The van der Waals surface area contributed by atoms with Gasteiger partial charge < -0.3 is 15.2 Å². The molecule has 2 heterocycles. The smallest absolute Gasteiger partial charge is 0.292 e. The van der Waals surface area contributed by atoms with Crippen LogP contribution in [-0.4, -0.2) is 28.6 Å². The van der Waals surface area contributed by atoms with Crippen molar-refractivity contribution in [3.05, 3.63) is 11.7 Å². The molecule has 0 spiro atoms. The lowest BCUT2D eigenvalue weighted by Gasteiger charge is -2.19. The van der Waals surface area contributed by atoms with E-state index in [1.807, 2.05) is 0 Å². The lowest BCUT2D eigenvalue weighted by Crippen LogP contribution is -2.37. The average molecular weight is 278 g/mol. The molecule has 2 atom stereocenters. The van der Waals surface area contributed by atoms with Crippen LogP contribution in [0.25, 0.3) is 0 Å². The number of hydrogen-bond acceptors (Lipinski definition) is 5. The number of carbonyl (C=O) groups is 1. The largest absolute Gasteiger partial charge is 0.346 e. The van der Waals surface area contributed by atoms with Crippen molar-refractivity contribution in [1.82, 2.24) is 20.8 Å². The van der Waals surface area contributed by atoms with Gasteiger partial charge in [-0.1, -0.05) is 18.0 Å². The first-order valence-electron chi connectivity index (χ1n) is 7.62. The molecule has 0 radical (unpaired) electrons. The predicted molar refractivity (Wildman–Crippen MR) is 73.2 cm³/mol. The summed E-state index contributed by atoms with van der Waals surface area (Å²) in [5, 5.41) is 10.1. The summed E-state index contributed by atoms with van der Waals surface area (Å²) >= 11 is 0. The molecule has 2 fully saturated rings. The van der Waals surface area contributed by atoms with Crippen molar-refractivity contribution < 1.29 is 9.32 Å². The summed E-state index contributed by atoms with van der Waals surface area (Å²) in [5.74, 6) is 1.04. The predicted octanol–water partition coefficient (Wildman–Crippen LogP) is 1.80. The molecule has 3 rings (SSSR count). The highest BCUT2D eigenvalue weighted by molar-refractivity contribution is 5.90. The molecule has 1 unspecified atom stereocenters. The van der Waals surface area contributed by atoms with E-state index in [2.05, 4.69) is 27.7 Å². The second-order valence-corrected chi connectivity index (χ2v) is 5.91. The fourth-order valence-corrected chi connectivity index (χ4v) is 3.21. The molecular weight excluding hydrogens is 256 g/mol. The van der Waals surface area contributed by atoms with Gasteiger partial charge >= 0.3 is 0 Å².